The average Bonchev–Trinajstić information content (AvgIpc) is 2.70. The minimum Gasteiger partial charge on any atom is -0.303 e. The zero-order chi connectivity index (χ0) is 12.7. The van der Waals surface area contributed by atoms with Crippen molar-refractivity contribution in [2.75, 3.05) is 0 Å². The highest BCUT2D eigenvalue weighted by Crippen LogP contribution is 2.25. The Labute approximate surface area is 107 Å². The molecule has 18 heavy (non-hydrogen) atoms. The van der Waals surface area contributed by atoms with Crippen molar-refractivity contribution in [2.24, 2.45) is 0 Å². The predicted octanol–water partition coefficient (Wildman–Crippen LogP) is 3.93. The van der Waals surface area contributed by atoms with Crippen molar-refractivity contribution < 1.29 is 0 Å². The molecule has 90 valence electrons. The summed E-state index contributed by atoms with van der Waals surface area (Å²) >= 11 is 0. The van der Waals surface area contributed by atoms with E-state index in [0.717, 1.165) is 11.3 Å². The van der Waals surface area contributed by atoms with Crippen LogP contribution in [0.4, 0.5) is 0 Å². The maximum atomic E-state index is 4.77. The molecule has 0 aliphatic heterocycles. The molecule has 0 spiro atoms. The van der Waals surface area contributed by atoms with Crippen molar-refractivity contribution in [1.29, 1.82) is 0 Å². The number of nitrogens with zero attached hydrogens (tertiary/aromatic N) is 2. The van der Waals surface area contributed by atoms with Gasteiger partial charge in [0, 0.05) is 17.5 Å². The second kappa shape index (κ2) is 3.98. The molecule has 2 nitrogen and oxygen atoms in total. The fourth-order valence-electron chi connectivity index (χ4n) is 2.31. The SMILES string of the molecule is Cc1ccc(-c2nc3c(C)cccn3c2C)cc1. The third-order valence-corrected chi connectivity index (χ3v) is 3.41. The Morgan fingerprint density at radius 3 is 2.33 bits per heavy atom. The summed E-state index contributed by atoms with van der Waals surface area (Å²) in [7, 11) is 0. The van der Waals surface area contributed by atoms with Gasteiger partial charge < -0.3 is 4.40 Å². The molecule has 0 saturated heterocycles. The van der Waals surface area contributed by atoms with Gasteiger partial charge >= 0.3 is 0 Å². The Morgan fingerprint density at radius 2 is 1.67 bits per heavy atom. The minimum absolute atomic E-state index is 1.05. The van der Waals surface area contributed by atoms with E-state index in [4.69, 9.17) is 4.98 Å². The maximum absolute atomic E-state index is 4.77. The Bertz CT molecular complexity index is 706. The number of rotatable bonds is 1. The Morgan fingerprint density at radius 1 is 0.944 bits per heavy atom. The summed E-state index contributed by atoms with van der Waals surface area (Å²) in [6.07, 6.45) is 2.07. The number of pyridine rings is 1. The van der Waals surface area contributed by atoms with Gasteiger partial charge in [-0.05, 0) is 32.4 Å². The fourth-order valence-corrected chi connectivity index (χ4v) is 2.31. The zero-order valence-electron chi connectivity index (χ0n) is 10.9. The molecule has 0 amide bonds. The summed E-state index contributed by atoms with van der Waals surface area (Å²) in [5, 5.41) is 0. The normalized spacial score (nSPS) is 11.1. The van der Waals surface area contributed by atoms with Crippen molar-refractivity contribution in [3.05, 3.63) is 59.4 Å². The van der Waals surface area contributed by atoms with E-state index in [2.05, 4.69) is 67.8 Å². The lowest BCUT2D eigenvalue weighted by Gasteiger charge is -2.00. The Hall–Kier alpha value is -2.09. The maximum Gasteiger partial charge on any atom is 0.140 e. The molecule has 0 fully saturated rings. The number of hydrogen-bond acceptors (Lipinski definition) is 1. The van der Waals surface area contributed by atoms with E-state index in [1.54, 1.807) is 0 Å². The predicted molar refractivity (Wildman–Crippen MR) is 74.8 cm³/mol. The molecule has 0 aliphatic rings. The van der Waals surface area contributed by atoms with Gasteiger partial charge in [0.1, 0.15) is 5.65 Å². The number of aromatic nitrogens is 2. The van der Waals surface area contributed by atoms with E-state index >= 15 is 0 Å². The summed E-state index contributed by atoms with van der Waals surface area (Å²) in [6, 6.07) is 12.7. The van der Waals surface area contributed by atoms with Crippen molar-refractivity contribution in [3.63, 3.8) is 0 Å². The Balaban J connectivity index is 2.27. The summed E-state index contributed by atoms with van der Waals surface area (Å²) in [5.41, 5.74) is 6.98. The number of fused-ring (bicyclic) bond motifs is 1. The van der Waals surface area contributed by atoms with E-state index in [-0.39, 0.29) is 0 Å². The molecule has 0 aliphatic carbocycles. The topological polar surface area (TPSA) is 17.3 Å². The molecule has 2 heterocycles. The van der Waals surface area contributed by atoms with Crippen molar-refractivity contribution >= 4 is 5.65 Å². The quantitative estimate of drug-likeness (QED) is 0.626. The lowest BCUT2D eigenvalue weighted by molar-refractivity contribution is 1.10. The van der Waals surface area contributed by atoms with Gasteiger partial charge in [-0.3, -0.25) is 0 Å². The van der Waals surface area contributed by atoms with E-state index in [0.29, 0.717) is 0 Å². The lowest BCUT2D eigenvalue weighted by Crippen LogP contribution is -1.88. The number of benzene rings is 1. The number of imidazole rings is 1. The summed E-state index contributed by atoms with van der Waals surface area (Å²) in [6.45, 7) is 6.32. The molecule has 0 saturated carbocycles. The molecule has 0 N–H and O–H groups in total. The lowest BCUT2D eigenvalue weighted by atomic mass is 10.1. The first-order chi connectivity index (χ1) is 8.66. The van der Waals surface area contributed by atoms with Gasteiger partial charge in [0.15, 0.2) is 0 Å². The van der Waals surface area contributed by atoms with Gasteiger partial charge in [-0.25, -0.2) is 4.98 Å². The van der Waals surface area contributed by atoms with E-state index in [1.165, 1.54) is 22.4 Å². The zero-order valence-corrected chi connectivity index (χ0v) is 10.9. The smallest absolute Gasteiger partial charge is 0.140 e. The Kier molecular flexibility index (Phi) is 2.44. The summed E-state index contributed by atoms with van der Waals surface area (Å²) in [5.74, 6) is 0. The van der Waals surface area contributed by atoms with Crippen LogP contribution >= 0.6 is 0 Å². The van der Waals surface area contributed by atoms with Crippen molar-refractivity contribution in [3.8, 4) is 11.3 Å². The third-order valence-electron chi connectivity index (χ3n) is 3.41. The molecule has 0 unspecified atom stereocenters. The highest BCUT2D eigenvalue weighted by molar-refractivity contribution is 5.67. The van der Waals surface area contributed by atoms with E-state index < -0.39 is 0 Å². The van der Waals surface area contributed by atoms with Gasteiger partial charge in [-0.1, -0.05) is 35.9 Å². The van der Waals surface area contributed by atoms with Gasteiger partial charge in [0.05, 0.1) is 5.69 Å². The molecular weight excluding hydrogens is 220 g/mol. The van der Waals surface area contributed by atoms with Crippen LogP contribution < -0.4 is 0 Å². The molecule has 3 rings (SSSR count). The molecule has 2 heteroatoms. The van der Waals surface area contributed by atoms with E-state index in [9.17, 15) is 0 Å². The van der Waals surface area contributed by atoms with Crippen molar-refractivity contribution in [2.45, 2.75) is 20.8 Å². The summed E-state index contributed by atoms with van der Waals surface area (Å²) in [4.78, 5) is 4.77. The van der Waals surface area contributed by atoms with Crippen LogP contribution in [0.1, 0.15) is 16.8 Å². The monoisotopic (exact) mass is 236 g/mol. The standard InChI is InChI=1S/C16H16N2/c1-11-6-8-14(9-7-11)15-13(3)18-10-4-5-12(2)16(18)17-15/h4-10H,1-3H3. The highest BCUT2D eigenvalue weighted by atomic mass is 15.0. The fraction of sp³-hybridized carbons (Fsp3) is 0.188. The van der Waals surface area contributed by atoms with Crippen LogP contribution in [0.25, 0.3) is 16.9 Å². The van der Waals surface area contributed by atoms with Gasteiger partial charge in [0.25, 0.3) is 0 Å². The first-order valence-electron chi connectivity index (χ1n) is 6.18. The molecule has 0 atom stereocenters. The van der Waals surface area contributed by atoms with Crippen LogP contribution in [0.2, 0.25) is 0 Å². The first-order valence-corrected chi connectivity index (χ1v) is 6.18. The molecule has 3 aromatic rings. The van der Waals surface area contributed by atoms with Gasteiger partial charge in [-0.15, -0.1) is 0 Å². The van der Waals surface area contributed by atoms with Crippen LogP contribution in [0.15, 0.2) is 42.6 Å². The largest absolute Gasteiger partial charge is 0.303 e. The first kappa shape index (κ1) is 11.0. The summed E-state index contributed by atoms with van der Waals surface area (Å²) < 4.78 is 2.16. The second-order valence-corrected chi connectivity index (χ2v) is 4.80. The second-order valence-electron chi connectivity index (χ2n) is 4.80. The van der Waals surface area contributed by atoms with Crippen LogP contribution in [-0.2, 0) is 0 Å². The van der Waals surface area contributed by atoms with Crippen LogP contribution in [0.3, 0.4) is 0 Å². The van der Waals surface area contributed by atoms with Crippen LogP contribution in [0, 0.1) is 20.8 Å². The molecule has 0 bridgehead atoms. The third kappa shape index (κ3) is 1.61. The number of aryl methyl sites for hydroxylation is 3. The van der Waals surface area contributed by atoms with Crippen LogP contribution in [0.5, 0.6) is 0 Å². The number of hydrogen-bond donors (Lipinski definition) is 0. The molecule has 1 aromatic carbocycles. The van der Waals surface area contributed by atoms with Crippen LogP contribution in [-0.4, -0.2) is 9.38 Å². The van der Waals surface area contributed by atoms with Gasteiger partial charge in [-0.2, -0.15) is 0 Å². The molecule has 2 aromatic heterocycles. The van der Waals surface area contributed by atoms with E-state index in [1.807, 2.05) is 0 Å². The van der Waals surface area contributed by atoms with Crippen molar-refractivity contribution in [1.82, 2.24) is 9.38 Å². The minimum atomic E-state index is 1.05. The van der Waals surface area contributed by atoms with Gasteiger partial charge in [0.2, 0.25) is 0 Å². The highest BCUT2D eigenvalue weighted by Gasteiger charge is 2.10. The molecular formula is C16H16N2. The molecule has 0 radical (unpaired) electrons. The average molecular weight is 236 g/mol.